The third kappa shape index (κ3) is 4.62. The van der Waals surface area contributed by atoms with Gasteiger partial charge in [-0.15, -0.1) is 11.3 Å². The predicted octanol–water partition coefficient (Wildman–Crippen LogP) is 4.75. The standard InChI is InChI=1S/C25H26N2O4S/c1-26(21-15-22(32-24(21)25(29)30)18-6-4-3-5-7-18)19-12-13-27(23(28)14-19)16-17-8-10-20(31-2)11-9-17/h3-11,15,19H,12-14,16H2,1-2H3,(H,29,30). The molecule has 0 spiro atoms. The third-order valence-electron chi connectivity index (χ3n) is 5.92. The van der Waals surface area contributed by atoms with Gasteiger partial charge in [-0.05, 0) is 35.7 Å². The second kappa shape index (κ2) is 9.44. The van der Waals surface area contributed by atoms with Crippen LogP contribution in [0.2, 0.25) is 0 Å². The molecule has 1 amide bonds. The number of thiophene rings is 1. The molecule has 0 saturated carbocycles. The summed E-state index contributed by atoms with van der Waals surface area (Å²) in [7, 11) is 3.52. The van der Waals surface area contributed by atoms with Crippen LogP contribution < -0.4 is 9.64 Å². The molecule has 0 aliphatic carbocycles. The van der Waals surface area contributed by atoms with Crippen molar-refractivity contribution in [2.75, 3.05) is 25.6 Å². The summed E-state index contributed by atoms with van der Waals surface area (Å²) >= 11 is 1.27. The number of piperidine rings is 1. The number of carboxylic acid groups (broad SMARTS) is 1. The second-order valence-electron chi connectivity index (χ2n) is 7.92. The number of likely N-dealkylation sites (tertiary alicyclic amines) is 1. The Morgan fingerprint density at radius 3 is 2.53 bits per heavy atom. The summed E-state index contributed by atoms with van der Waals surface area (Å²) in [4.78, 5) is 29.8. The van der Waals surface area contributed by atoms with Crippen LogP contribution in [0.15, 0.2) is 60.7 Å². The minimum atomic E-state index is -0.942. The molecular formula is C25H26N2O4S. The summed E-state index contributed by atoms with van der Waals surface area (Å²) in [6.45, 7) is 1.20. The van der Waals surface area contributed by atoms with E-state index in [4.69, 9.17) is 4.74 Å². The fourth-order valence-corrected chi connectivity index (χ4v) is 5.09. The number of hydrogen-bond donors (Lipinski definition) is 1. The molecule has 4 rings (SSSR count). The Kier molecular flexibility index (Phi) is 6.46. The Morgan fingerprint density at radius 2 is 1.91 bits per heavy atom. The Bertz CT molecular complexity index is 1090. The van der Waals surface area contributed by atoms with Gasteiger partial charge in [0.2, 0.25) is 5.91 Å². The van der Waals surface area contributed by atoms with Gasteiger partial charge >= 0.3 is 5.97 Å². The number of anilines is 1. The van der Waals surface area contributed by atoms with Gasteiger partial charge in [0.25, 0.3) is 0 Å². The molecule has 1 atom stereocenters. The zero-order chi connectivity index (χ0) is 22.7. The first kappa shape index (κ1) is 21.9. The van der Waals surface area contributed by atoms with E-state index in [0.29, 0.717) is 30.1 Å². The number of methoxy groups -OCH3 is 1. The van der Waals surface area contributed by atoms with Crippen LogP contribution in [-0.4, -0.2) is 48.6 Å². The maximum absolute atomic E-state index is 12.9. The number of carboxylic acids is 1. The van der Waals surface area contributed by atoms with Crippen LogP contribution in [0.25, 0.3) is 10.4 Å². The zero-order valence-corrected chi connectivity index (χ0v) is 19.0. The Hall–Kier alpha value is -3.32. The van der Waals surface area contributed by atoms with Crippen LogP contribution in [-0.2, 0) is 11.3 Å². The molecule has 166 valence electrons. The van der Waals surface area contributed by atoms with Crippen LogP contribution in [0.4, 0.5) is 5.69 Å². The highest BCUT2D eigenvalue weighted by atomic mass is 32.1. The number of aromatic carboxylic acids is 1. The van der Waals surface area contributed by atoms with Gasteiger partial charge in [-0.25, -0.2) is 4.79 Å². The maximum Gasteiger partial charge on any atom is 0.348 e. The number of ether oxygens (including phenoxy) is 1. The van der Waals surface area contributed by atoms with Crippen LogP contribution in [0, 0.1) is 0 Å². The van der Waals surface area contributed by atoms with E-state index in [-0.39, 0.29) is 11.9 Å². The van der Waals surface area contributed by atoms with Gasteiger partial charge in [0.15, 0.2) is 0 Å². The van der Waals surface area contributed by atoms with Gasteiger partial charge in [0, 0.05) is 37.5 Å². The smallest absolute Gasteiger partial charge is 0.348 e. The van der Waals surface area contributed by atoms with Crippen molar-refractivity contribution in [2.24, 2.45) is 0 Å². The summed E-state index contributed by atoms with van der Waals surface area (Å²) in [5.41, 5.74) is 2.72. The molecule has 0 bridgehead atoms. The molecule has 32 heavy (non-hydrogen) atoms. The van der Waals surface area contributed by atoms with Gasteiger partial charge in [0.1, 0.15) is 10.6 Å². The number of rotatable bonds is 7. The summed E-state index contributed by atoms with van der Waals surface area (Å²) in [6, 6.07) is 19.4. The third-order valence-corrected chi connectivity index (χ3v) is 7.08. The van der Waals surface area contributed by atoms with E-state index in [9.17, 15) is 14.7 Å². The summed E-state index contributed by atoms with van der Waals surface area (Å²) in [5.74, 6) is -0.0677. The quantitative estimate of drug-likeness (QED) is 0.563. The minimum absolute atomic E-state index is 0.0362. The molecule has 2 aromatic carbocycles. The fourth-order valence-electron chi connectivity index (χ4n) is 4.05. The topological polar surface area (TPSA) is 70.1 Å². The number of amides is 1. The first-order chi connectivity index (χ1) is 15.5. The Labute approximate surface area is 191 Å². The molecule has 2 heterocycles. The lowest BCUT2D eigenvalue weighted by Crippen LogP contribution is -2.46. The number of nitrogens with zero attached hydrogens (tertiary/aromatic N) is 2. The molecule has 1 aromatic heterocycles. The molecule has 6 nitrogen and oxygen atoms in total. The van der Waals surface area contributed by atoms with Crippen molar-refractivity contribution in [3.8, 4) is 16.2 Å². The Morgan fingerprint density at radius 1 is 1.19 bits per heavy atom. The highest BCUT2D eigenvalue weighted by molar-refractivity contribution is 7.18. The normalized spacial score (nSPS) is 16.1. The number of carbonyl (C=O) groups is 2. The number of benzene rings is 2. The van der Waals surface area contributed by atoms with Crippen LogP contribution in [0.1, 0.15) is 28.1 Å². The predicted molar refractivity (Wildman–Crippen MR) is 127 cm³/mol. The minimum Gasteiger partial charge on any atom is -0.497 e. The molecule has 1 fully saturated rings. The lowest BCUT2D eigenvalue weighted by atomic mass is 10.0. The molecule has 1 unspecified atom stereocenters. The van der Waals surface area contributed by atoms with E-state index >= 15 is 0 Å². The van der Waals surface area contributed by atoms with Gasteiger partial charge in [-0.1, -0.05) is 42.5 Å². The van der Waals surface area contributed by atoms with Crippen molar-refractivity contribution in [3.05, 3.63) is 71.1 Å². The van der Waals surface area contributed by atoms with E-state index < -0.39 is 5.97 Å². The molecular weight excluding hydrogens is 424 g/mol. The van der Waals surface area contributed by atoms with Crippen molar-refractivity contribution in [3.63, 3.8) is 0 Å². The lowest BCUT2D eigenvalue weighted by Gasteiger charge is -2.37. The zero-order valence-electron chi connectivity index (χ0n) is 18.2. The largest absolute Gasteiger partial charge is 0.497 e. The number of hydrogen-bond acceptors (Lipinski definition) is 5. The van der Waals surface area contributed by atoms with Crippen molar-refractivity contribution >= 4 is 28.9 Å². The molecule has 1 aliphatic rings. The van der Waals surface area contributed by atoms with Crippen LogP contribution in [0.3, 0.4) is 0 Å². The van der Waals surface area contributed by atoms with Crippen molar-refractivity contribution in [1.82, 2.24) is 4.90 Å². The van der Waals surface area contributed by atoms with E-state index in [1.165, 1.54) is 11.3 Å². The van der Waals surface area contributed by atoms with E-state index in [1.54, 1.807) is 7.11 Å². The number of carbonyl (C=O) groups excluding carboxylic acids is 1. The second-order valence-corrected chi connectivity index (χ2v) is 8.97. The summed E-state index contributed by atoms with van der Waals surface area (Å²) in [6.07, 6.45) is 1.15. The molecule has 1 N–H and O–H groups in total. The highest BCUT2D eigenvalue weighted by Gasteiger charge is 2.31. The molecule has 1 aliphatic heterocycles. The van der Waals surface area contributed by atoms with Crippen molar-refractivity contribution < 1.29 is 19.4 Å². The van der Waals surface area contributed by atoms with Crippen LogP contribution in [0.5, 0.6) is 5.75 Å². The summed E-state index contributed by atoms with van der Waals surface area (Å²) < 4.78 is 5.19. The van der Waals surface area contributed by atoms with Crippen LogP contribution >= 0.6 is 11.3 Å². The van der Waals surface area contributed by atoms with E-state index in [1.807, 2.05) is 77.5 Å². The van der Waals surface area contributed by atoms with Gasteiger partial charge < -0.3 is 19.6 Å². The van der Waals surface area contributed by atoms with Gasteiger partial charge in [-0.2, -0.15) is 0 Å². The van der Waals surface area contributed by atoms with Gasteiger partial charge in [0.05, 0.1) is 12.8 Å². The van der Waals surface area contributed by atoms with E-state index in [0.717, 1.165) is 28.2 Å². The maximum atomic E-state index is 12.9. The Balaban J connectivity index is 1.47. The molecule has 7 heteroatoms. The average Bonchev–Trinajstić information content (AvgIpc) is 3.27. The van der Waals surface area contributed by atoms with Crippen molar-refractivity contribution in [1.29, 1.82) is 0 Å². The van der Waals surface area contributed by atoms with Crippen molar-refractivity contribution in [2.45, 2.75) is 25.4 Å². The highest BCUT2D eigenvalue weighted by Crippen LogP contribution is 2.38. The van der Waals surface area contributed by atoms with E-state index in [2.05, 4.69) is 0 Å². The summed E-state index contributed by atoms with van der Waals surface area (Å²) in [5, 5.41) is 9.77. The molecule has 1 saturated heterocycles. The monoisotopic (exact) mass is 450 g/mol. The SMILES string of the molecule is COc1ccc(CN2CCC(N(C)c3cc(-c4ccccc4)sc3C(=O)O)CC2=O)cc1. The lowest BCUT2D eigenvalue weighted by molar-refractivity contribution is -0.134. The molecule has 3 aromatic rings. The fraction of sp³-hybridized carbons (Fsp3) is 0.280. The molecule has 0 radical (unpaired) electrons. The van der Waals surface area contributed by atoms with Gasteiger partial charge in [-0.3, -0.25) is 4.79 Å². The first-order valence-electron chi connectivity index (χ1n) is 10.5. The average molecular weight is 451 g/mol. The first-order valence-corrected chi connectivity index (χ1v) is 11.3.